The number of carboxylic acids is 1. The van der Waals surface area contributed by atoms with E-state index in [2.05, 4.69) is 39.9 Å². The van der Waals surface area contributed by atoms with E-state index in [-0.39, 0.29) is 35.4 Å². The van der Waals surface area contributed by atoms with E-state index in [1.165, 1.54) is 5.57 Å². The monoisotopic (exact) mass is 510 g/mol. The Balaban J connectivity index is 1.68. The highest BCUT2D eigenvalue weighted by molar-refractivity contribution is 6.74. The Bertz CT molecular complexity index is 709. The maximum atomic E-state index is 11.6. The van der Waals surface area contributed by atoms with Gasteiger partial charge in [-0.15, -0.1) is 0 Å². The molecule has 2 heterocycles. The van der Waals surface area contributed by atoms with Crippen LogP contribution in [0.1, 0.15) is 85.5 Å². The molecule has 3 aliphatic rings. The number of carbonyl (C=O) groups is 1. The Morgan fingerprint density at radius 3 is 2.63 bits per heavy atom. The van der Waals surface area contributed by atoms with Gasteiger partial charge in [0.15, 0.2) is 14.6 Å². The van der Waals surface area contributed by atoms with Gasteiger partial charge in [-0.3, -0.25) is 4.79 Å². The predicted octanol–water partition coefficient (Wildman–Crippen LogP) is 6.55. The van der Waals surface area contributed by atoms with Crippen molar-refractivity contribution in [3.8, 4) is 0 Å². The Hall–Kier alpha value is -0.733. The van der Waals surface area contributed by atoms with Crippen LogP contribution < -0.4 is 0 Å². The van der Waals surface area contributed by atoms with Crippen LogP contribution in [0.3, 0.4) is 0 Å². The molecule has 202 valence electrons. The van der Waals surface area contributed by atoms with E-state index >= 15 is 0 Å². The van der Waals surface area contributed by atoms with E-state index in [1.54, 1.807) is 0 Å². The second-order valence-electron chi connectivity index (χ2n) is 12.4. The number of fused-ring (bicyclic) bond motifs is 1. The summed E-state index contributed by atoms with van der Waals surface area (Å²) in [5, 5.41) is 9.68. The van der Waals surface area contributed by atoms with Crippen molar-refractivity contribution in [2.24, 2.45) is 17.8 Å². The molecule has 6 nitrogen and oxygen atoms in total. The van der Waals surface area contributed by atoms with Crippen LogP contribution in [0.4, 0.5) is 0 Å². The maximum Gasteiger partial charge on any atom is 0.306 e. The molecule has 2 aliphatic heterocycles. The molecule has 0 aromatic heterocycles. The summed E-state index contributed by atoms with van der Waals surface area (Å²) in [7, 11) is -1.88. The molecule has 0 amide bonds. The standard InChI is InChI=1S/C28H50O6Si/c1-7-10-21(27(29)30)14-12-20-13-15-22-23(19-33-35(5,6)28(2,3)4)25(17-24(22)32-18-20)34-26-11-8-9-16-31-26/h13,21-26H,7-12,14-19H2,1-6H3,(H,29,30)/t21?,22-,23-,24+,25-,26?/m1/s1. The first-order valence-electron chi connectivity index (χ1n) is 13.9. The van der Waals surface area contributed by atoms with Gasteiger partial charge < -0.3 is 23.7 Å². The number of ether oxygens (including phenoxy) is 3. The van der Waals surface area contributed by atoms with Gasteiger partial charge in [-0.1, -0.05) is 40.2 Å². The molecule has 3 rings (SSSR count). The van der Waals surface area contributed by atoms with Crippen LogP contribution in [0.25, 0.3) is 0 Å². The normalized spacial score (nSPS) is 30.9. The molecule has 0 radical (unpaired) electrons. The van der Waals surface area contributed by atoms with Crippen LogP contribution in [0.5, 0.6) is 0 Å². The fourth-order valence-electron chi connectivity index (χ4n) is 5.42. The molecular formula is C28H50O6Si. The van der Waals surface area contributed by atoms with Gasteiger partial charge in [0.1, 0.15) is 0 Å². The Labute approximate surface area is 214 Å². The number of hydrogen-bond donors (Lipinski definition) is 1. The second kappa shape index (κ2) is 12.7. The molecule has 2 unspecified atom stereocenters. The summed E-state index contributed by atoms with van der Waals surface area (Å²) in [4.78, 5) is 11.6. The number of aliphatic carboxylic acids is 1. The maximum absolute atomic E-state index is 11.6. The molecule has 1 N–H and O–H groups in total. The topological polar surface area (TPSA) is 74.2 Å². The minimum atomic E-state index is -1.88. The fraction of sp³-hybridized carbons (Fsp3) is 0.893. The largest absolute Gasteiger partial charge is 0.481 e. The summed E-state index contributed by atoms with van der Waals surface area (Å²) in [6, 6.07) is 0. The third-order valence-corrected chi connectivity index (χ3v) is 13.3. The Kier molecular flexibility index (Phi) is 10.4. The zero-order valence-electron chi connectivity index (χ0n) is 23.0. The lowest BCUT2D eigenvalue weighted by molar-refractivity contribution is -0.198. The SMILES string of the molecule is CCCC(CCC1=CC[C@@H]2[C@@H](CO[Si](C)(C)C(C)(C)C)[C@H](OC3CCCCO3)C[C@@H]2OC1)C(=O)O. The number of allylic oxidation sites excluding steroid dienone is 1. The Morgan fingerprint density at radius 1 is 1.23 bits per heavy atom. The lowest BCUT2D eigenvalue weighted by Crippen LogP contribution is -2.44. The lowest BCUT2D eigenvalue weighted by atomic mass is 9.90. The van der Waals surface area contributed by atoms with Crippen LogP contribution in [0, 0.1) is 17.8 Å². The van der Waals surface area contributed by atoms with Crippen LogP contribution in [0.15, 0.2) is 11.6 Å². The summed E-state index contributed by atoms with van der Waals surface area (Å²) in [5.41, 5.74) is 1.25. The molecule has 0 aromatic carbocycles. The molecule has 1 saturated carbocycles. The van der Waals surface area contributed by atoms with Crippen molar-refractivity contribution in [3.05, 3.63) is 11.6 Å². The zero-order chi connectivity index (χ0) is 25.6. The molecule has 6 atom stereocenters. The van der Waals surface area contributed by atoms with Crippen molar-refractivity contribution < 1.29 is 28.5 Å². The first-order chi connectivity index (χ1) is 16.5. The van der Waals surface area contributed by atoms with Gasteiger partial charge in [0, 0.05) is 25.6 Å². The van der Waals surface area contributed by atoms with Crippen LogP contribution in [-0.4, -0.2) is 57.7 Å². The number of hydrogen-bond acceptors (Lipinski definition) is 5. The van der Waals surface area contributed by atoms with E-state index < -0.39 is 14.3 Å². The van der Waals surface area contributed by atoms with Crippen molar-refractivity contribution in [2.75, 3.05) is 19.8 Å². The summed E-state index contributed by atoms with van der Waals surface area (Å²) in [5.74, 6) is -0.298. The molecule has 35 heavy (non-hydrogen) atoms. The fourth-order valence-corrected chi connectivity index (χ4v) is 6.46. The predicted molar refractivity (Wildman–Crippen MR) is 141 cm³/mol. The summed E-state index contributed by atoms with van der Waals surface area (Å²) < 4.78 is 25.7. The Morgan fingerprint density at radius 2 is 2.00 bits per heavy atom. The van der Waals surface area contributed by atoms with Crippen LogP contribution in [0.2, 0.25) is 18.1 Å². The smallest absolute Gasteiger partial charge is 0.306 e. The van der Waals surface area contributed by atoms with Gasteiger partial charge in [-0.25, -0.2) is 0 Å². The summed E-state index contributed by atoms with van der Waals surface area (Å²) in [6.45, 7) is 15.6. The first kappa shape index (κ1) is 28.8. The third kappa shape index (κ3) is 7.87. The molecule has 0 bridgehead atoms. The third-order valence-electron chi connectivity index (χ3n) is 8.84. The van der Waals surface area contributed by atoms with Crippen LogP contribution >= 0.6 is 0 Å². The molecule has 2 fully saturated rings. The van der Waals surface area contributed by atoms with Gasteiger partial charge in [0.05, 0.1) is 24.7 Å². The van der Waals surface area contributed by atoms with Gasteiger partial charge in [0.25, 0.3) is 0 Å². The minimum absolute atomic E-state index is 0.0914. The summed E-state index contributed by atoms with van der Waals surface area (Å²) in [6.07, 6.45) is 10.7. The minimum Gasteiger partial charge on any atom is -0.481 e. The van der Waals surface area contributed by atoms with Crippen molar-refractivity contribution >= 4 is 14.3 Å². The summed E-state index contributed by atoms with van der Waals surface area (Å²) >= 11 is 0. The second-order valence-corrected chi connectivity index (χ2v) is 17.2. The highest BCUT2D eigenvalue weighted by atomic mass is 28.4. The molecule has 0 spiro atoms. The van der Waals surface area contributed by atoms with Crippen molar-refractivity contribution in [1.82, 2.24) is 0 Å². The van der Waals surface area contributed by atoms with Crippen molar-refractivity contribution in [2.45, 2.75) is 122 Å². The van der Waals surface area contributed by atoms with E-state index in [1.807, 2.05) is 6.92 Å². The quantitative estimate of drug-likeness (QED) is 0.251. The number of carboxylic acid groups (broad SMARTS) is 1. The molecule has 0 aromatic rings. The first-order valence-corrected chi connectivity index (χ1v) is 16.9. The highest BCUT2D eigenvalue weighted by Gasteiger charge is 2.47. The average Bonchev–Trinajstić information content (AvgIpc) is 2.98. The average molecular weight is 511 g/mol. The molecule has 7 heteroatoms. The molecular weight excluding hydrogens is 460 g/mol. The van der Waals surface area contributed by atoms with Crippen molar-refractivity contribution in [3.63, 3.8) is 0 Å². The van der Waals surface area contributed by atoms with E-state index in [4.69, 9.17) is 18.6 Å². The molecule has 1 saturated heterocycles. The highest BCUT2D eigenvalue weighted by Crippen LogP contribution is 2.44. The van der Waals surface area contributed by atoms with Gasteiger partial charge in [0.2, 0.25) is 0 Å². The van der Waals surface area contributed by atoms with E-state index in [0.717, 1.165) is 58.0 Å². The van der Waals surface area contributed by atoms with Gasteiger partial charge >= 0.3 is 5.97 Å². The van der Waals surface area contributed by atoms with Gasteiger partial charge in [-0.2, -0.15) is 0 Å². The van der Waals surface area contributed by atoms with Crippen molar-refractivity contribution in [1.29, 1.82) is 0 Å². The molecule has 1 aliphatic carbocycles. The lowest BCUT2D eigenvalue weighted by Gasteiger charge is -2.38. The number of rotatable bonds is 11. The van der Waals surface area contributed by atoms with Crippen LogP contribution in [-0.2, 0) is 23.4 Å². The van der Waals surface area contributed by atoms with E-state index in [9.17, 15) is 9.90 Å². The van der Waals surface area contributed by atoms with Gasteiger partial charge in [-0.05, 0) is 74.6 Å². The van der Waals surface area contributed by atoms with E-state index in [0.29, 0.717) is 25.6 Å². The zero-order valence-corrected chi connectivity index (χ0v) is 24.0.